The van der Waals surface area contributed by atoms with E-state index in [1.54, 1.807) is 0 Å². The molecule has 0 spiro atoms. The molecule has 0 aliphatic heterocycles. The van der Waals surface area contributed by atoms with Crippen molar-refractivity contribution in [1.29, 1.82) is 0 Å². The van der Waals surface area contributed by atoms with Crippen LogP contribution in [-0.2, 0) is 79.1 Å². The van der Waals surface area contributed by atoms with E-state index in [1.807, 2.05) is 0 Å². The van der Waals surface area contributed by atoms with E-state index >= 15 is 0 Å². The molecule has 128 valence electrons. The summed E-state index contributed by atoms with van der Waals surface area (Å²) in [7, 11) is -10.3. The maximum atomic E-state index is 9.57. The van der Waals surface area contributed by atoms with E-state index in [9.17, 15) is 30.2 Å². The average Bonchev–Trinajstić information content (AvgIpc) is 1.64. The van der Waals surface area contributed by atoms with Gasteiger partial charge in [-0.1, -0.05) is 0 Å². The van der Waals surface area contributed by atoms with Crippen molar-refractivity contribution in [1.82, 2.24) is 0 Å². The molecule has 0 aliphatic carbocycles. The minimum atomic E-state index is -6.28. The fourth-order valence-corrected chi connectivity index (χ4v) is 4.22. The van der Waals surface area contributed by atoms with Gasteiger partial charge in [0.15, 0.2) is 0 Å². The molecule has 0 fully saturated rings. The molecule has 0 aromatic rings. The van der Waals surface area contributed by atoms with Crippen molar-refractivity contribution in [3.8, 4) is 0 Å². The van der Waals surface area contributed by atoms with Gasteiger partial charge in [0.05, 0.1) is 0 Å². The maximum Gasteiger partial charge on any atom is 2.00 e. The summed E-state index contributed by atoms with van der Waals surface area (Å²) in [6.07, 6.45) is 0. The van der Waals surface area contributed by atoms with E-state index in [2.05, 4.69) is 6.35 Å². The van der Waals surface area contributed by atoms with Gasteiger partial charge in [-0.05, 0) is 0 Å². The van der Waals surface area contributed by atoms with E-state index in [-0.39, 0.29) is 22.0 Å². The summed E-state index contributed by atoms with van der Waals surface area (Å²) in [6.45, 7) is 0. The Morgan fingerprint density at radius 1 is 0.750 bits per heavy atom. The van der Waals surface area contributed by atoms with Crippen LogP contribution in [0.5, 0.6) is 0 Å². The zero-order chi connectivity index (χ0) is 15.4. The molecular formula is H6Mo2NiO15P2. The van der Waals surface area contributed by atoms with E-state index in [1.165, 1.54) is 0 Å². The van der Waals surface area contributed by atoms with Gasteiger partial charge in [0, 0.05) is 0 Å². The zero-order valence-electron chi connectivity index (χ0n) is 8.40. The van der Waals surface area contributed by atoms with Gasteiger partial charge in [0.2, 0.25) is 0 Å². The van der Waals surface area contributed by atoms with Crippen LogP contribution in [0.4, 0.5) is 0 Å². The Balaban J connectivity index is -0.000000116. The average molecular weight is 559 g/mol. The summed E-state index contributed by atoms with van der Waals surface area (Å²) < 4.78 is 81.7. The molecule has 6 N–H and O–H groups in total. The van der Waals surface area contributed by atoms with Crippen LogP contribution in [0.2, 0.25) is 0 Å². The minimum absolute atomic E-state index is 0. The summed E-state index contributed by atoms with van der Waals surface area (Å²) in [5.41, 5.74) is 0. The predicted octanol–water partition coefficient (Wildman–Crippen LogP) is -4.57. The monoisotopic (exact) mass is 562 g/mol. The predicted molar refractivity (Wildman–Crippen MR) is 32.6 cm³/mol. The molecule has 0 saturated carbocycles. The smallest absolute Gasteiger partial charge is 2.00 e. The standard InChI is InChI=1S/2Mo.Ni.2H3O4P.H2O.6O/c;;;2*1-5(2,3)4;;;;;;;/h;;;2*(H3,1,2,3,4);1H2;;;;;;/q2*+1;+2;;;;;;;;2*-1/p-2. The molecule has 0 saturated heterocycles. The van der Waals surface area contributed by atoms with Crippen molar-refractivity contribution in [2.24, 2.45) is 0 Å². The largest absolute Gasteiger partial charge is 2.00 e. The molecule has 0 radical (unpaired) electrons. The third-order valence-electron chi connectivity index (χ3n) is 0.377. The Morgan fingerprint density at radius 2 is 0.900 bits per heavy atom. The van der Waals surface area contributed by atoms with Gasteiger partial charge in [-0.15, -0.1) is 0 Å². The first kappa shape index (κ1) is 29.2. The summed E-state index contributed by atoms with van der Waals surface area (Å²) in [5, 5.41) is 0. The van der Waals surface area contributed by atoms with Crippen molar-refractivity contribution < 1.29 is 112 Å². The van der Waals surface area contributed by atoms with Crippen LogP contribution < -0.4 is 7.52 Å². The van der Waals surface area contributed by atoms with Crippen molar-refractivity contribution >= 4 is 15.6 Å². The summed E-state index contributed by atoms with van der Waals surface area (Å²) in [5.74, 6) is 0. The molecule has 0 bridgehead atoms. The number of hydrogen-bond acceptors (Lipinski definition) is 10. The van der Waals surface area contributed by atoms with Crippen molar-refractivity contribution in [3.63, 3.8) is 0 Å². The van der Waals surface area contributed by atoms with Crippen LogP contribution in [-0.4, -0.2) is 25.0 Å². The molecule has 0 rings (SSSR count). The van der Waals surface area contributed by atoms with Gasteiger partial charge < -0.3 is 5.48 Å². The first-order valence-electron chi connectivity index (χ1n) is 2.86. The molecule has 20 heavy (non-hydrogen) atoms. The van der Waals surface area contributed by atoms with Gasteiger partial charge in [0.1, 0.15) is 0 Å². The summed E-state index contributed by atoms with van der Waals surface area (Å²) in [6, 6.07) is 0. The second-order valence-corrected chi connectivity index (χ2v) is 10.4. The summed E-state index contributed by atoms with van der Waals surface area (Å²) in [4.78, 5) is 30.8. The summed E-state index contributed by atoms with van der Waals surface area (Å²) >= 11 is -12.6. The molecule has 0 aliphatic rings. The van der Waals surface area contributed by atoms with Crippen molar-refractivity contribution in [2.45, 2.75) is 0 Å². The van der Waals surface area contributed by atoms with Gasteiger partial charge in [0.25, 0.3) is 0 Å². The molecule has 0 heterocycles. The minimum Gasteiger partial charge on any atom is 2.00 e. The van der Waals surface area contributed by atoms with E-state index in [4.69, 9.17) is 19.6 Å². The Kier molecular flexibility index (Phi) is 14.7. The second-order valence-electron chi connectivity index (χ2n) is 1.95. The van der Waals surface area contributed by atoms with Crippen LogP contribution in [0, 0.1) is 0 Å². The van der Waals surface area contributed by atoms with Gasteiger partial charge in [-0.25, -0.2) is 0 Å². The van der Waals surface area contributed by atoms with Crippen LogP contribution in [0.15, 0.2) is 0 Å². The molecule has 0 aromatic carbocycles. The zero-order valence-corrected chi connectivity index (χ0v) is 15.2. The third-order valence-corrected chi connectivity index (χ3v) is 6.69. The number of hydrogen-bond donors (Lipinski definition) is 4. The molecular weight excluding hydrogens is 553 g/mol. The molecule has 0 unspecified atom stereocenters. The van der Waals surface area contributed by atoms with Crippen LogP contribution in [0.3, 0.4) is 0 Å². The van der Waals surface area contributed by atoms with E-state index in [0.29, 0.717) is 0 Å². The fourth-order valence-electron chi connectivity index (χ4n) is 0.238. The molecule has 15 nitrogen and oxygen atoms in total. The maximum absolute atomic E-state index is 9.57. The van der Waals surface area contributed by atoms with Crippen LogP contribution >= 0.6 is 15.6 Å². The molecule has 0 amide bonds. The SMILES string of the molecule is O.O=P(O)(O)[O][Mo](=[O])(=[O])[O-].O=P(O)(O)[O][Mo](=[O])(=[O])[O-].[Ni+2]. The Bertz CT molecular complexity index is 489. The molecule has 0 aromatic heterocycles. The van der Waals surface area contributed by atoms with E-state index in [0.717, 1.165) is 0 Å². The van der Waals surface area contributed by atoms with Gasteiger partial charge in [-0.3, -0.25) is 0 Å². The topological polar surface area (TPSA) is 279 Å². The van der Waals surface area contributed by atoms with Gasteiger partial charge >= 0.3 is 122 Å². The first-order chi connectivity index (χ1) is 7.41. The van der Waals surface area contributed by atoms with Crippen LogP contribution in [0.1, 0.15) is 0 Å². The van der Waals surface area contributed by atoms with Crippen LogP contribution in [0.25, 0.3) is 0 Å². The number of phosphoric acid groups is 2. The molecule has 20 heteroatoms. The number of rotatable bonds is 4. The first-order valence-corrected chi connectivity index (χ1v) is 12.5. The normalized spacial score (nSPS) is 12.3. The molecule has 0 atom stereocenters. The Hall–Kier alpha value is 1.17. The third kappa shape index (κ3) is 36.5. The fraction of sp³-hybridized carbons (Fsp3) is 0. The van der Waals surface area contributed by atoms with Crippen molar-refractivity contribution in [3.05, 3.63) is 0 Å². The Morgan fingerprint density at radius 3 is 0.900 bits per heavy atom. The Labute approximate surface area is 127 Å². The second kappa shape index (κ2) is 10.0. The van der Waals surface area contributed by atoms with Gasteiger partial charge in [-0.2, -0.15) is 0 Å². The quantitative estimate of drug-likeness (QED) is 0.187. The van der Waals surface area contributed by atoms with Crippen molar-refractivity contribution in [2.75, 3.05) is 0 Å². The van der Waals surface area contributed by atoms with E-state index < -0.39 is 49.1 Å².